The molecule has 0 amide bonds. The molecule has 1 atom stereocenters. The molecular formula is C11H17BrN2O2S2. The molecule has 0 spiro atoms. The molecule has 0 aromatic carbocycles. The van der Waals surface area contributed by atoms with Gasteiger partial charge in [-0.2, -0.15) is 4.31 Å². The SMILES string of the molecule is CNC[C@H]1CCN(S(=O)(=O)c2cc(Br)sc2C)C1. The van der Waals surface area contributed by atoms with Crippen LogP contribution in [0.1, 0.15) is 11.3 Å². The van der Waals surface area contributed by atoms with Crippen LogP contribution < -0.4 is 5.32 Å². The Bertz CT molecular complexity index is 527. The van der Waals surface area contributed by atoms with Gasteiger partial charge in [-0.3, -0.25) is 0 Å². The van der Waals surface area contributed by atoms with E-state index in [1.54, 1.807) is 10.4 Å². The quantitative estimate of drug-likeness (QED) is 0.901. The average molecular weight is 353 g/mol. The van der Waals surface area contributed by atoms with Crippen molar-refractivity contribution in [1.29, 1.82) is 0 Å². The normalized spacial score (nSPS) is 21.6. The Morgan fingerprint density at radius 3 is 2.89 bits per heavy atom. The first kappa shape index (κ1) is 14.5. The second-order valence-corrected chi connectivity index (χ2v) is 9.09. The maximum absolute atomic E-state index is 12.5. The highest BCUT2D eigenvalue weighted by molar-refractivity contribution is 9.11. The Hall–Kier alpha value is 0.0500. The van der Waals surface area contributed by atoms with Gasteiger partial charge in [0, 0.05) is 18.0 Å². The first-order valence-corrected chi connectivity index (χ1v) is 8.90. The van der Waals surface area contributed by atoms with E-state index >= 15 is 0 Å². The lowest BCUT2D eigenvalue weighted by atomic mass is 10.1. The summed E-state index contributed by atoms with van der Waals surface area (Å²) in [6.45, 7) is 3.97. The zero-order chi connectivity index (χ0) is 13.3. The number of sulfonamides is 1. The smallest absolute Gasteiger partial charge is 0.244 e. The largest absolute Gasteiger partial charge is 0.319 e. The Kier molecular flexibility index (Phi) is 4.48. The van der Waals surface area contributed by atoms with Crippen molar-refractivity contribution in [3.63, 3.8) is 0 Å². The summed E-state index contributed by atoms with van der Waals surface area (Å²) in [7, 11) is -1.41. The van der Waals surface area contributed by atoms with Crippen LogP contribution in [-0.2, 0) is 10.0 Å². The molecule has 1 aromatic rings. The van der Waals surface area contributed by atoms with E-state index in [-0.39, 0.29) is 0 Å². The minimum Gasteiger partial charge on any atom is -0.319 e. The molecule has 0 bridgehead atoms. The second-order valence-electron chi connectivity index (χ2n) is 4.55. The van der Waals surface area contributed by atoms with Gasteiger partial charge in [0.2, 0.25) is 10.0 Å². The molecule has 4 nitrogen and oxygen atoms in total. The number of thiophene rings is 1. The van der Waals surface area contributed by atoms with Crippen molar-refractivity contribution < 1.29 is 8.42 Å². The summed E-state index contributed by atoms with van der Waals surface area (Å²) in [5.74, 6) is 0.423. The van der Waals surface area contributed by atoms with Crippen LogP contribution in [0.4, 0.5) is 0 Å². The first-order chi connectivity index (χ1) is 8.45. The van der Waals surface area contributed by atoms with Crippen molar-refractivity contribution in [2.45, 2.75) is 18.2 Å². The Morgan fingerprint density at radius 1 is 1.61 bits per heavy atom. The molecule has 102 valence electrons. The maximum atomic E-state index is 12.5. The summed E-state index contributed by atoms with van der Waals surface area (Å²) in [6.07, 6.45) is 0.935. The molecule has 1 N–H and O–H groups in total. The van der Waals surface area contributed by atoms with Gasteiger partial charge in [-0.1, -0.05) is 0 Å². The summed E-state index contributed by atoms with van der Waals surface area (Å²) in [6, 6.07) is 1.71. The fourth-order valence-electron chi connectivity index (χ4n) is 2.30. The summed E-state index contributed by atoms with van der Waals surface area (Å²) >= 11 is 4.81. The van der Waals surface area contributed by atoms with Gasteiger partial charge in [-0.25, -0.2) is 8.42 Å². The Balaban J connectivity index is 2.20. The fraction of sp³-hybridized carbons (Fsp3) is 0.636. The van der Waals surface area contributed by atoms with Crippen LogP contribution in [0.3, 0.4) is 0 Å². The van der Waals surface area contributed by atoms with Crippen LogP contribution in [0.25, 0.3) is 0 Å². The van der Waals surface area contributed by atoms with Crippen molar-refractivity contribution >= 4 is 37.3 Å². The molecular weight excluding hydrogens is 336 g/mol. The van der Waals surface area contributed by atoms with E-state index in [0.717, 1.165) is 21.6 Å². The van der Waals surface area contributed by atoms with E-state index in [9.17, 15) is 8.42 Å². The van der Waals surface area contributed by atoms with Gasteiger partial charge in [0.15, 0.2) is 0 Å². The molecule has 1 saturated heterocycles. The highest BCUT2D eigenvalue weighted by Gasteiger charge is 2.33. The van der Waals surface area contributed by atoms with Crippen molar-refractivity contribution in [3.8, 4) is 0 Å². The molecule has 0 aliphatic carbocycles. The van der Waals surface area contributed by atoms with Gasteiger partial charge in [-0.15, -0.1) is 11.3 Å². The third-order valence-electron chi connectivity index (χ3n) is 3.20. The molecule has 7 heteroatoms. The van der Waals surface area contributed by atoms with E-state index in [1.807, 2.05) is 14.0 Å². The Morgan fingerprint density at radius 2 is 2.33 bits per heavy atom. The number of nitrogens with one attached hydrogen (secondary N) is 1. The lowest BCUT2D eigenvalue weighted by Gasteiger charge is -2.16. The molecule has 18 heavy (non-hydrogen) atoms. The second kappa shape index (κ2) is 5.58. The first-order valence-electron chi connectivity index (χ1n) is 5.86. The summed E-state index contributed by atoms with van der Waals surface area (Å²) in [5, 5.41) is 3.11. The van der Waals surface area contributed by atoms with Gasteiger partial charge >= 0.3 is 0 Å². The highest BCUT2D eigenvalue weighted by Crippen LogP contribution is 2.33. The number of rotatable bonds is 4. The molecule has 1 fully saturated rings. The van der Waals surface area contributed by atoms with Gasteiger partial charge in [0.25, 0.3) is 0 Å². The van der Waals surface area contributed by atoms with Crippen molar-refractivity contribution in [3.05, 3.63) is 14.7 Å². The summed E-state index contributed by atoms with van der Waals surface area (Å²) < 4.78 is 27.5. The summed E-state index contributed by atoms with van der Waals surface area (Å²) in [5.41, 5.74) is 0. The number of hydrogen-bond acceptors (Lipinski definition) is 4. The standard InChI is InChI=1S/C11H17BrN2O2S2/c1-8-10(5-11(12)17-8)18(15,16)14-4-3-9(7-14)6-13-2/h5,9,13H,3-4,6-7H2,1-2H3/t9-/m1/s1. The van der Waals surface area contributed by atoms with Crippen LogP contribution in [0.15, 0.2) is 14.7 Å². The predicted octanol–water partition coefficient (Wildman–Crippen LogP) is 2.05. The van der Waals surface area contributed by atoms with Gasteiger partial charge in [-0.05, 0) is 54.9 Å². The van der Waals surface area contributed by atoms with Gasteiger partial charge in [0.1, 0.15) is 0 Å². The predicted molar refractivity (Wildman–Crippen MR) is 77.5 cm³/mol. The summed E-state index contributed by atoms with van der Waals surface area (Å²) in [4.78, 5) is 1.29. The number of hydrogen-bond donors (Lipinski definition) is 1. The molecule has 2 rings (SSSR count). The zero-order valence-electron chi connectivity index (χ0n) is 10.4. The maximum Gasteiger partial charge on any atom is 0.244 e. The van der Waals surface area contributed by atoms with E-state index < -0.39 is 10.0 Å². The third kappa shape index (κ3) is 2.80. The minimum atomic E-state index is -3.31. The number of aryl methyl sites for hydroxylation is 1. The van der Waals surface area contributed by atoms with E-state index in [2.05, 4.69) is 21.2 Å². The van der Waals surface area contributed by atoms with Crippen LogP contribution in [0.2, 0.25) is 0 Å². The van der Waals surface area contributed by atoms with Gasteiger partial charge < -0.3 is 5.32 Å². The van der Waals surface area contributed by atoms with E-state index in [0.29, 0.717) is 23.9 Å². The van der Waals surface area contributed by atoms with Crippen molar-refractivity contribution in [2.75, 3.05) is 26.7 Å². The third-order valence-corrected chi connectivity index (χ3v) is 6.88. The van der Waals surface area contributed by atoms with Gasteiger partial charge in [0.05, 0.1) is 8.68 Å². The molecule has 0 unspecified atom stereocenters. The molecule has 2 heterocycles. The minimum absolute atomic E-state index is 0.423. The average Bonchev–Trinajstić information content (AvgIpc) is 2.86. The topological polar surface area (TPSA) is 49.4 Å². The van der Waals surface area contributed by atoms with Crippen molar-refractivity contribution in [1.82, 2.24) is 9.62 Å². The van der Waals surface area contributed by atoms with Crippen LogP contribution >= 0.6 is 27.3 Å². The van der Waals surface area contributed by atoms with Crippen molar-refractivity contribution in [2.24, 2.45) is 5.92 Å². The molecule has 0 saturated carbocycles. The molecule has 1 aliphatic heterocycles. The van der Waals surface area contributed by atoms with E-state index in [4.69, 9.17) is 0 Å². The van der Waals surface area contributed by atoms with E-state index in [1.165, 1.54) is 11.3 Å². The number of nitrogens with zero attached hydrogens (tertiary/aromatic N) is 1. The molecule has 1 aliphatic rings. The molecule has 1 aromatic heterocycles. The zero-order valence-corrected chi connectivity index (χ0v) is 13.7. The molecule has 0 radical (unpaired) electrons. The fourth-order valence-corrected chi connectivity index (χ4v) is 6.21. The van der Waals surface area contributed by atoms with Crippen LogP contribution in [-0.4, -0.2) is 39.4 Å². The monoisotopic (exact) mass is 352 g/mol. The Labute approximate surface area is 121 Å². The lowest BCUT2D eigenvalue weighted by Crippen LogP contribution is -2.30. The number of halogens is 1. The van der Waals surface area contributed by atoms with Crippen LogP contribution in [0.5, 0.6) is 0 Å². The highest BCUT2D eigenvalue weighted by atomic mass is 79.9. The lowest BCUT2D eigenvalue weighted by molar-refractivity contribution is 0.451. The van der Waals surface area contributed by atoms with Crippen LogP contribution in [0, 0.1) is 12.8 Å².